The lowest BCUT2D eigenvalue weighted by molar-refractivity contribution is 0.573. The average Bonchev–Trinajstić information content (AvgIpc) is 2.52. The molecule has 0 bridgehead atoms. The highest BCUT2D eigenvalue weighted by Crippen LogP contribution is 2.16. The largest absolute Gasteiger partial charge is 0.357 e. The second-order valence-electron chi connectivity index (χ2n) is 5.80. The Bertz CT molecular complexity index is 620. The first-order chi connectivity index (χ1) is 10.7. The van der Waals surface area contributed by atoms with Gasteiger partial charge in [-0.15, -0.1) is 24.0 Å². The van der Waals surface area contributed by atoms with Gasteiger partial charge in [0.25, 0.3) is 0 Å². The molecule has 0 amide bonds. The van der Waals surface area contributed by atoms with Crippen LogP contribution in [0.15, 0.2) is 41.5 Å². The van der Waals surface area contributed by atoms with E-state index in [1.807, 2.05) is 12.3 Å². The summed E-state index contributed by atoms with van der Waals surface area (Å²) in [7, 11) is 0. The van der Waals surface area contributed by atoms with Gasteiger partial charge in [0.1, 0.15) is 0 Å². The van der Waals surface area contributed by atoms with Gasteiger partial charge in [-0.25, -0.2) is 4.99 Å². The van der Waals surface area contributed by atoms with Gasteiger partial charge < -0.3 is 10.6 Å². The van der Waals surface area contributed by atoms with Crippen molar-refractivity contribution in [3.63, 3.8) is 0 Å². The first-order valence-electron chi connectivity index (χ1n) is 8.05. The SMILES string of the molecule is CCNC(=NCc1cccc2cccnc12)NCCC(C)C.I. The Balaban J connectivity index is 0.00000264. The minimum absolute atomic E-state index is 0. The normalized spacial score (nSPS) is 11.4. The molecule has 1 aromatic carbocycles. The first kappa shape index (κ1) is 19.7. The molecule has 2 N–H and O–H groups in total. The molecule has 1 aromatic heterocycles. The lowest BCUT2D eigenvalue weighted by Gasteiger charge is -2.12. The molecular weight excluding hydrogens is 399 g/mol. The molecule has 2 aromatic rings. The molecule has 0 unspecified atom stereocenters. The summed E-state index contributed by atoms with van der Waals surface area (Å²) in [6, 6.07) is 10.3. The van der Waals surface area contributed by atoms with E-state index in [4.69, 9.17) is 0 Å². The van der Waals surface area contributed by atoms with Crippen molar-refractivity contribution in [2.24, 2.45) is 10.9 Å². The maximum atomic E-state index is 4.69. The number of aliphatic imine (C=N–C) groups is 1. The highest BCUT2D eigenvalue weighted by Gasteiger charge is 2.02. The molecule has 23 heavy (non-hydrogen) atoms. The molecule has 0 saturated heterocycles. The zero-order chi connectivity index (χ0) is 15.8. The van der Waals surface area contributed by atoms with Crippen LogP contribution in [0, 0.1) is 5.92 Å². The van der Waals surface area contributed by atoms with Crippen LogP contribution in [0.5, 0.6) is 0 Å². The molecule has 0 aliphatic carbocycles. The van der Waals surface area contributed by atoms with Crippen molar-refractivity contribution in [3.05, 3.63) is 42.1 Å². The van der Waals surface area contributed by atoms with Gasteiger partial charge in [-0.2, -0.15) is 0 Å². The Morgan fingerprint density at radius 2 is 1.96 bits per heavy atom. The van der Waals surface area contributed by atoms with Crippen LogP contribution in [0.1, 0.15) is 32.8 Å². The summed E-state index contributed by atoms with van der Waals surface area (Å²) in [5.74, 6) is 1.56. The molecule has 0 spiro atoms. The van der Waals surface area contributed by atoms with E-state index >= 15 is 0 Å². The summed E-state index contributed by atoms with van der Waals surface area (Å²) in [4.78, 5) is 9.17. The summed E-state index contributed by atoms with van der Waals surface area (Å²) in [5, 5.41) is 7.84. The standard InChI is InChI=1S/C18H26N4.HI/c1-4-19-18(21-12-10-14(2)3)22-13-16-8-5-7-15-9-6-11-20-17(15)16;/h5-9,11,14H,4,10,12-13H2,1-3H3,(H2,19,21,22);1H. The predicted octanol–water partition coefficient (Wildman–Crippen LogP) is 3.95. The molecule has 0 radical (unpaired) electrons. The number of nitrogens with one attached hydrogen (secondary N) is 2. The number of hydrogen-bond acceptors (Lipinski definition) is 2. The Kier molecular flexibility index (Phi) is 8.91. The lowest BCUT2D eigenvalue weighted by atomic mass is 10.1. The Labute approximate surface area is 156 Å². The second kappa shape index (κ2) is 10.4. The third-order valence-corrected chi connectivity index (χ3v) is 3.48. The Morgan fingerprint density at radius 1 is 1.17 bits per heavy atom. The molecule has 4 nitrogen and oxygen atoms in total. The van der Waals surface area contributed by atoms with Crippen molar-refractivity contribution < 1.29 is 0 Å². The van der Waals surface area contributed by atoms with Crippen molar-refractivity contribution in [2.45, 2.75) is 33.7 Å². The third kappa shape index (κ3) is 6.33. The van der Waals surface area contributed by atoms with Gasteiger partial charge in [-0.05, 0) is 30.9 Å². The van der Waals surface area contributed by atoms with E-state index < -0.39 is 0 Å². The topological polar surface area (TPSA) is 49.3 Å². The van der Waals surface area contributed by atoms with Crippen LogP contribution in [0.25, 0.3) is 10.9 Å². The number of halogens is 1. The van der Waals surface area contributed by atoms with Gasteiger partial charge in [-0.3, -0.25) is 4.98 Å². The maximum absolute atomic E-state index is 4.69. The monoisotopic (exact) mass is 426 g/mol. The van der Waals surface area contributed by atoms with Crippen LogP contribution in [0.4, 0.5) is 0 Å². The van der Waals surface area contributed by atoms with E-state index in [-0.39, 0.29) is 24.0 Å². The van der Waals surface area contributed by atoms with Crippen molar-refractivity contribution in [1.82, 2.24) is 15.6 Å². The van der Waals surface area contributed by atoms with E-state index in [0.29, 0.717) is 12.5 Å². The van der Waals surface area contributed by atoms with E-state index in [1.165, 1.54) is 0 Å². The zero-order valence-electron chi connectivity index (χ0n) is 14.2. The van der Waals surface area contributed by atoms with Crippen LogP contribution in [0.2, 0.25) is 0 Å². The Hall–Kier alpha value is -1.37. The molecule has 1 heterocycles. The van der Waals surface area contributed by atoms with Crippen molar-refractivity contribution >= 4 is 40.8 Å². The summed E-state index contributed by atoms with van der Waals surface area (Å²) in [6.45, 7) is 8.98. The first-order valence-corrected chi connectivity index (χ1v) is 8.05. The molecule has 0 saturated carbocycles. The predicted molar refractivity (Wildman–Crippen MR) is 109 cm³/mol. The molecule has 126 valence electrons. The van der Waals surface area contributed by atoms with Crippen molar-refractivity contribution in [1.29, 1.82) is 0 Å². The summed E-state index contributed by atoms with van der Waals surface area (Å²) in [6.07, 6.45) is 2.97. The number of nitrogens with zero attached hydrogens (tertiary/aromatic N) is 2. The third-order valence-electron chi connectivity index (χ3n) is 3.48. The van der Waals surface area contributed by atoms with Gasteiger partial charge in [0.15, 0.2) is 5.96 Å². The quantitative estimate of drug-likeness (QED) is 0.418. The molecule has 0 atom stereocenters. The lowest BCUT2D eigenvalue weighted by Crippen LogP contribution is -2.38. The van der Waals surface area contributed by atoms with Crippen molar-refractivity contribution in [3.8, 4) is 0 Å². The number of hydrogen-bond donors (Lipinski definition) is 2. The second-order valence-corrected chi connectivity index (χ2v) is 5.80. The van der Waals surface area contributed by atoms with Crippen LogP contribution in [0.3, 0.4) is 0 Å². The number of rotatable bonds is 6. The summed E-state index contributed by atoms with van der Waals surface area (Å²) < 4.78 is 0. The highest BCUT2D eigenvalue weighted by atomic mass is 127. The van der Waals surface area contributed by atoms with E-state index in [0.717, 1.165) is 41.9 Å². The molecule has 0 aliphatic rings. The summed E-state index contributed by atoms with van der Waals surface area (Å²) >= 11 is 0. The van der Waals surface area contributed by atoms with Gasteiger partial charge in [0, 0.05) is 24.7 Å². The molecular formula is C18H27IN4. The number of benzene rings is 1. The van der Waals surface area contributed by atoms with Gasteiger partial charge in [0.2, 0.25) is 0 Å². The van der Waals surface area contributed by atoms with Crippen LogP contribution >= 0.6 is 24.0 Å². The fraction of sp³-hybridized carbons (Fsp3) is 0.444. The van der Waals surface area contributed by atoms with Gasteiger partial charge in [0.05, 0.1) is 12.1 Å². The molecule has 0 aliphatic heterocycles. The minimum atomic E-state index is 0. The number of guanidine groups is 1. The average molecular weight is 426 g/mol. The smallest absolute Gasteiger partial charge is 0.191 e. The highest BCUT2D eigenvalue weighted by molar-refractivity contribution is 14.0. The number of fused-ring (bicyclic) bond motifs is 1. The van der Waals surface area contributed by atoms with E-state index in [1.54, 1.807) is 0 Å². The van der Waals surface area contributed by atoms with E-state index in [2.05, 4.69) is 65.6 Å². The van der Waals surface area contributed by atoms with Crippen LogP contribution in [-0.2, 0) is 6.54 Å². The maximum Gasteiger partial charge on any atom is 0.191 e. The fourth-order valence-corrected chi connectivity index (χ4v) is 2.28. The number of pyridine rings is 1. The summed E-state index contributed by atoms with van der Waals surface area (Å²) in [5.41, 5.74) is 2.19. The van der Waals surface area contributed by atoms with Crippen LogP contribution < -0.4 is 10.6 Å². The molecule has 2 rings (SSSR count). The van der Waals surface area contributed by atoms with Gasteiger partial charge >= 0.3 is 0 Å². The Morgan fingerprint density at radius 3 is 2.70 bits per heavy atom. The molecule has 5 heteroatoms. The molecule has 0 fully saturated rings. The van der Waals surface area contributed by atoms with Gasteiger partial charge in [-0.1, -0.05) is 38.1 Å². The minimum Gasteiger partial charge on any atom is -0.357 e. The van der Waals surface area contributed by atoms with Crippen LogP contribution in [-0.4, -0.2) is 24.0 Å². The number of aromatic nitrogens is 1. The fourth-order valence-electron chi connectivity index (χ4n) is 2.28. The zero-order valence-corrected chi connectivity index (χ0v) is 16.5. The van der Waals surface area contributed by atoms with Crippen molar-refractivity contribution in [2.75, 3.05) is 13.1 Å². The number of para-hydroxylation sites is 1. The van der Waals surface area contributed by atoms with E-state index in [9.17, 15) is 0 Å².